The summed E-state index contributed by atoms with van der Waals surface area (Å²) in [4.78, 5) is 29.1. The predicted octanol–water partition coefficient (Wildman–Crippen LogP) is 0.795. The van der Waals surface area contributed by atoms with Crippen LogP contribution in [0.5, 0.6) is 0 Å². The normalized spacial score (nSPS) is 20.2. The Labute approximate surface area is 150 Å². The summed E-state index contributed by atoms with van der Waals surface area (Å²) in [5.74, 6) is 0.979. The number of imidazole rings is 1. The Morgan fingerprint density at radius 1 is 1.23 bits per heavy atom. The fourth-order valence-corrected chi connectivity index (χ4v) is 3.44. The molecular weight excluding hydrogens is 339 g/mol. The zero-order valence-electron chi connectivity index (χ0n) is 14.6. The first kappa shape index (κ1) is 16.9. The zero-order valence-corrected chi connectivity index (χ0v) is 14.6. The number of fused-ring (bicyclic) bond motifs is 1. The van der Waals surface area contributed by atoms with E-state index in [0.717, 1.165) is 18.1 Å². The van der Waals surface area contributed by atoms with Gasteiger partial charge in [-0.3, -0.25) is 4.79 Å². The van der Waals surface area contributed by atoms with Crippen LogP contribution >= 0.6 is 0 Å². The summed E-state index contributed by atoms with van der Waals surface area (Å²) < 4.78 is 20.4. The molecule has 0 spiro atoms. The van der Waals surface area contributed by atoms with Crippen molar-refractivity contribution in [2.75, 3.05) is 37.7 Å². The third kappa shape index (κ3) is 3.26. The molecule has 0 N–H and O–H groups in total. The van der Waals surface area contributed by atoms with Crippen LogP contribution in [-0.2, 0) is 22.5 Å². The standard InChI is InChI=1S/C17H21FN6O2/c1-12-16-21-14(8-15(25)22-4-6-26-7-5-22)11-23(16)2-3-24(12)17-19-9-13(18)10-20-17/h9-12H,2-8H2,1H3/t12-/m0/s1. The lowest BCUT2D eigenvalue weighted by Crippen LogP contribution is -2.41. The molecule has 9 heteroatoms. The molecule has 0 unspecified atom stereocenters. The largest absolute Gasteiger partial charge is 0.378 e. The van der Waals surface area contributed by atoms with Crippen LogP contribution in [0.1, 0.15) is 24.5 Å². The van der Waals surface area contributed by atoms with Crippen LogP contribution in [-0.4, -0.2) is 63.2 Å². The van der Waals surface area contributed by atoms with Gasteiger partial charge in [0.05, 0.1) is 43.8 Å². The number of carbonyl (C=O) groups excluding carboxylic acids is 1. The maximum absolute atomic E-state index is 13.1. The van der Waals surface area contributed by atoms with E-state index >= 15 is 0 Å². The van der Waals surface area contributed by atoms with E-state index in [-0.39, 0.29) is 11.9 Å². The number of nitrogens with zero attached hydrogens (tertiary/aromatic N) is 6. The summed E-state index contributed by atoms with van der Waals surface area (Å²) in [6, 6.07) is -0.0542. The van der Waals surface area contributed by atoms with E-state index in [0.29, 0.717) is 45.2 Å². The fraction of sp³-hybridized carbons (Fsp3) is 0.529. The molecule has 0 aromatic carbocycles. The minimum Gasteiger partial charge on any atom is -0.378 e. The van der Waals surface area contributed by atoms with Gasteiger partial charge in [0.15, 0.2) is 5.82 Å². The topological polar surface area (TPSA) is 76.4 Å². The van der Waals surface area contributed by atoms with Gasteiger partial charge in [-0.15, -0.1) is 0 Å². The first-order chi connectivity index (χ1) is 12.6. The molecule has 138 valence electrons. The van der Waals surface area contributed by atoms with E-state index in [1.165, 1.54) is 12.4 Å². The Kier molecular flexibility index (Phi) is 4.54. The van der Waals surface area contributed by atoms with E-state index < -0.39 is 5.82 Å². The molecule has 26 heavy (non-hydrogen) atoms. The molecule has 2 aliphatic rings. The molecule has 8 nitrogen and oxygen atoms in total. The van der Waals surface area contributed by atoms with Crippen LogP contribution in [0.4, 0.5) is 10.3 Å². The maximum atomic E-state index is 13.1. The summed E-state index contributed by atoms with van der Waals surface area (Å²) in [6.07, 6.45) is 4.58. The highest BCUT2D eigenvalue weighted by Crippen LogP contribution is 2.27. The van der Waals surface area contributed by atoms with Crippen molar-refractivity contribution >= 4 is 11.9 Å². The van der Waals surface area contributed by atoms with Crippen LogP contribution < -0.4 is 4.90 Å². The van der Waals surface area contributed by atoms with Crippen LogP contribution in [0.25, 0.3) is 0 Å². The molecule has 1 saturated heterocycles. The van der Waals surface area contributed by atoms with Gasteiger partial charge in [0.1, 0.15) is 5.82 Å². The van der Waals surface area contributed by atoms with Crippen LogP contribution in [0.15, 0.2) is 18.6 Å². The Balaban J connectivity index is 1.49. The quantitative estimate of drug-likeness (QED) is 0.806. The molecular formula is C17H21FN6O2. The van der Waals surface area contributed by atoms with Crippen LogP contribution in [0, 0.1) is 5.82 Å². The molecule has 2 aromatic rings. The summed E-state index contributed by atoms with van der Waals surface area (Å²) in [5, 5.41) is 0. The highest BCUT2D eigenvalue weighted by molar-refractivity contribution is 5.78. The second-order valence-corrected chi connectivity index (χ2v) is 6.52. The molecule has 0 aliphatic carbocycles. The van der Waals surface area contributed by atoms with Gasteiger partial charge >= 0.3 is 0 Å². The van der Waals surface area contributed by atoms with Crippen molar-refractivity contribution in [1.82, 2.24) is 24.4 Å². The minimum atomic E-state index is -0.455. The van der Waals surface area contributed by atoms with Crippen LogP contribution in [0.3, 0.4) is 0 Å². The molecule has 2 aromatic heterocycles. The highest BCUT2D eigenvalue weighted by Gasteiger charge is 2.29. The summed E-state index contributed by atoms with van der Waals surface area (Å²) >= 11 is 0. The smallest absolute Gasteiger partial charge is 0.228 e. The lowest BCUT2D eigenvalue weighted by Gasteiger charge is -2.33. The van der Waals surface area contributed by atoms with E-state index in [1.54, 1.807) is 0 Å². The number of hydrogen-bond donors (Lipinski definition) is 0. The van der Waals surface area contributed by atoms with Gasteiger partial charge in [-0.05, 0) is 6.92 Å². The van der Waals surface area contributed by atoms with Gasteiger partial charge in [-0.1, -0.05) is 0 Å². The van der Waals surface area contributed by atoms with E-state index in [4.69, 9.17) is 4.74 Å². The van der Waals surface area contributed by atoms with Crippen molar-refractivity contribution in [1.29, 1.82) is 0 Å². The molecule has 1 amide bonds. The first-order valence-electron chi connectivity index (χ1n) is 8.77. The van der Waals surface area contributed by atoms with Crippen molar-refractivity contribution in [3.63, 3.8) is 0 Å². The van der Waals surface area contributed by atoms with Gasteiger partial charge < -0.3 is 19.1 Å². The van der Waals surface area contributed by atoms with Crippen molar-refractivity contribution in [3.8, 4) is 0 Å². The number of anilines is 1. The van der Waals surface area contributed by atoms with Gasteiger partial charge in [0, 0.05) is 32.4 Å². The third-order valence-electron chi connectivity index (χ3n) is 4.84. The monoisotopic (exact) mass is 360 g/mol. The van der Waals surface area contributed by atoms with E-state index in [2.05, 4.69) is 19.5 Å². The average molecular weight is 360 g/mol. The number of morpholine rings is 1. The number of rotatable bonds is 3. The minimum absolute atomic E-state index is 0.0542. The molecule has 4 rings (SSSR count). The van der Waals surface area contributed by atoms with Crippen molar-refractivity contribution in [2.45, 2.75) is 25.9 Å². The number of halogens is 1. The molecule has 0 saturated carbocycles. The van der Waals surface area contributed by atoms with E-state index in [9.17, 15) is 9.18 Å². The number of aromatic nitrogens is 4. The number of hydrogen-bond acceptors (Lipinski definition) is 6. The van der Waals surface area contributed by atoms with E-state index in [1.807, 2.05) is 22.9 Å². The Morgan fingerprint density at radius 2 is 1.96 bits per heavy atom. The lowest BCUT2D eigenvalue weighted by molar-refractivity contribution is -0.134. The number of ether oxygens (including phenoxy) is 1. The average Bonchev–Trinajstić information content (AvgIpc) is 3.07. The number of carbonyl (C=O) groups is 1. The molecule has 0 radical (unpaired) electrons. The van der Waals surface area contributed by atoms with Crippen LogP contribution in [0.2, 0.25) is 0 Å². The molecule has 0 bridgehead atoms. The van der Waals surface area contributed by atoms with Gasteiger partial charge in [-0.2, -0.15) is 0 Å². The summed E-state index contributed by atoms with van der Waals surface area (Å²) in [7, 11) is 0. The van der Waals surface area contributed by atoms with Crippen molar-refractivity contribution < 1.29 is 13.9 Å². The maximum Gasteiger partial charge on any atom is 0.228 e. The van der Waals surface area contributed by atoms with Crippen molar-refractivity contribution in [3.05, 3.63) is 35.9 Å². The molecule has 1 fully saturated rings. The van der Waals surface area contributed by atoms with Crippen molar-refractivity contribution in [2.24, 2.45) is 0 Å². The third-order valence-corrected chi connectivity index (χ3v) is 4.84. The second kappa shape index (κ2) is 6.99. The highest BCUT2D eigenvalue weighted by atomic mass is 19.1. The predicted molar refractivity (Wildman–Crippen MR) is 91.1 cm³/mol. The fourth-order valence-electron chi connectivity index (χ4n) is 3.44. The number of amides is 1. The zero-order chi connectivity index (χ0) is 18.1. The Morgan fingerprint density at radius 3 is 2.69 bits per heavy atom. The molecule has 2 aliphatic heterocycles. The summed E-state index contributed by atoms with van der Waals surface area (Å²) in [5.41, 5.74) is 0.769. The van der Waals surface area contributed by atoms with Gasteiger partial charge in [0.25, 0.3) is 0 Å². The SMILES string of the molecule is C[C@H]1c2nc(CC(=O)N3CCOCC3)cn2CCN1c1ncc(F)cn1. The first-order valence-corrected chi connectivity index (χ1v) is 8.77. The molecule has 4 heterocycles. The summed E-state index contributed by atoms with van der Waals surface area (Å²) in [6.45, 7) is 5.89. The lowest BCUT2D eigenvalue weighted by atomic mass is 10.2. The molecule has 1 atom stereocenters. The Bertz CT molecular complexity index is 787. The van der Waals surface area contributed by atoms with Gasteiger partial charge in [0.2, 0.25) is 11.9 Å². The van der Waals surface area contributed by atoms with Gasteiger partial charge in [-0.25, -0.2) is 19.3 Å². The second-order valence-electron chi connectivity index (χ2n) is 6.52. The Hall–Kier alpha value is -2.55.